The summed E-state index contributed by atoms with van der Waals surface area (Å²) in [7, 11) is 0. The second-order valence-corrected chi connectivity index (χ2v) is 12.8. The minimum atomic E-state index is 0.0181. The second-order valence-electron chi connectivity index (χ2n) is 12.8. The average molecular weight is 447 g/mol. The van der Waals surface area contributed by atoms with E-state index in [1.165, 1.54) is 22.3 Å². The summed E-state index contributed by atoms with van der Waals surface area (Å²) < 4.78 is 0. The highest BCUT2D eigenvalue weighted by Crippen LogP contribution is 2.38. The van der Waals surface area contributed by atoms with Crippen LogP contribution >= 0.6 is 0 Å². The van der Waals surface area contributed by atoms with Crippen LogP contribution in [-0.4, -0.2) is 11.4 Å². The minimum Gasteiger partial charge on any atom is -0.252 e. The molecule has 0 saturated carbocycles. The van der Waals surface area contributed by atoms with Gasteiger partial charge < -0.3 is 0 Å². The van der Waals surface area contributed by atoms with Crippen LogP contribution in [0.25, 0.3) is 0 Å². The molecule has 2 heteroatoms. The lowest BCUT2D eigenvalue weighted by atomic mass is 9.81. The Hall–Kier alpha value is -2.22. The molecule has 0 fully saturated rings. The number of nitrogens with zero attached hydrogens (tertiary/aromatic N) is 2. The van der Waals surface area contributed by atoms with Gasteiger partial charge in [0.15, 0.2) is 0 Å². The maximum absolute atomic E-state index is 5.19. The van der Waals surface area contributed by atoms with Crippen molar-refractivity contribution in [3.63, 3.8) is 0 Å². The van der Waals surface area contributed by atoms with Crippen LogP contribution in [0, 0.1) is 0 Å². The molecule has 0 unspecified atom stereocenters. The van der Waals surface area contributed by atoms with Crippen molar-refractivity contribution in [3.05, 3.63) is 58.7 Å². The first-order valence-corrected chi connectivity index (χ1v) is 12.3. The molecular formula is C31H46N2. The van der Waals surface area contributed by atoms with Crippen molar-refractivity contribution < 1.29 is 0 Å². The van der Waals surface area contributed by atoms with Gasteiger partial charge in [0.25, 0.3) is 0 Å². The fourth-order valence-electron chi connectivity index (χ4n) is 3.99. The van der Waals surface area contributed by atoms with Crippen LogP contribution in [-0.2, 0) is 16.2 Å². The maximum Gasteiger partial charge on any atom is 0.0705 e. The highest BCUT2D eigenvalue weighted by atomic mass is 14.8. The molecular weight excluding hydrogens is 400 g/mol. The zero-order valence-electron chi connectivity index (χ0n) is 23.4. The normalized spacial score (nSPS) is 14.2. The van der Waals surface area contributed by atoms with Gasteiger partial charge in [-0.25, -0.2) is 0 Å². The molecule has 2 nitrogen and oxygen atoms in total. The van der Waals surface area contributed by atoms with Gasteiger partial charge in [-0.3, -0.25) is 9.98 Å². The van der Waals surface area contributed by atoms with Crippen LogP contribution in [0.3, 0.4) is 0 Å². The summed E-state index contributed by atoms with van der Waals surface area (Å²) in [5.74, 6) is 0.409. The zero-order valence-corrected chi connectivity index (χ0v) is 23.4. The Morgan fingerprint density at radius 2 is 1.21 bits per heavy atom. The van der Waals surface area contributed by atoms with E-state index in [0.717, 1.165) is 22.8 Å². The van der Waals surface area contributed by atoms with E-state index in [2.05, 4.69) is 126 Å². The van der Waals surface area contributed by atoms with Gasteiger partial charge >= 0.3 is 0 Å². The van der Waals surface area contributed by atoms with E-state index in [4.69, 9.17) is 9.98 Å². The molecule has 2 rings (SSSR count). The minimum absolute atomic E-state index is 0.0181. The Labute approximate surface area is 203 Å². The predicted octanol–water partition coefficient (Wildman–Crippen LogP) is 9.59. The fraction of sp³-hybridized carbons (Fsp3) is 0.548. The monoisotopic (exact) mass is 446 g/mol. The molecule has 0 heterocycles. The van der Waals surface area contributed by atoms with E-state index in [1.807, 2.05) is 0 Å². The third kappa shape index (κ3) is 6.65. The Balaban J connectivity index is 2.69. The lowest BCUT2D eigenvalue weighted by Crippen LogP contribution is -2.16. The van der Waals surface area contributed by atoms with Gasteiger partial charge in [-0.1, -0.05) is 106 Å². The van der Waals surface area contributed by atoms with E-state index >= 15 is 0 Å². The number of para-hydroxylation sites is 1. The van der Waals surface area contributed by atoms with Gasteiger partial charge in [-0.15, -0.1) is 0 Å². The summed E-state index contributed by atoms with van der Waals surface area (Å²) in [4.78, 5) is 10.3. The quantitative estimate of drug-likeness (QED) is 0.418. The topological polar surface area (TPSA) is 24.7 Å². The molecule has 0 amide bonds. The third-order valence-electron chi connectivity index (χ3n) is 6.26. The molecule has 0 radical (unpaired) electrons. The molecule has 0 N–H and O–H groups in total. The predicted molar refractivity (Wildman–Crippen MR) is 149 cm³/mol. The van der Waals surface area contributed by atoms with Crippen molar-refractivity contribution in [2.24, 2.45) is 9.98 Å². The highest BCUT2D eigenvalue weighted by Gasteiger charge is 2.23. The number of benzene rings is 2. The Morgan fingerprint density at radius 3 is 1.70 bits per heavy atom. The Kier molecular flexibility index (Phi) is 7.83. The van der Waals surface area contributed by atoms with E-state index in [0.29, 0.717) is 5.92 Å². The molecule has 0 saturated heterocycles. The highest BCUT2D eigenvalue weighted by molar-refractivity contribution is 6.41. The van der Waals surface area contributed by atoms with E-state index in [9.17, 15) is 0 Å². The summed E-state index contributed by atoms with van der Waals surface area (Å²) in [6, 6.07) is 13.4. The molecule has 0 aliphatic rings. The van der Waals surface area contributed by atoms with Gasteiger partial charge in [0, 0.05) is 0 Å². The van der Waals surface area contributed by atoms with Crippen molar-refractivity contribution in [2.75, 3.05) is 0 Å². The van der Waals surface area contributed by atoms with Gasteiger partial charge in [0.1, 0.15) is 0 Å². The summed E-state index contributed by atoms with van der Waals surface area (Å²) in [6.45, 7) is 29.0. The maximum atomic E-state index is 5.19. The smallest absolute Gasteiger partial charge is 0.0705 e. The largest absolute Gasteiger partial charge is 0.252 e. The SMILES string of the molecule is CC(=Nc1cc(C(C)(C)C)ccc1C(C)(C)C)C(C)=Nc1c(C(C)C)cccc1C(C)(C)C. The summed E-state index contributed by atoms with van der Waals surface area (Å²) in [5.41, 5.74) is 9.35. The van der Waals surface area contributed by atoms with Crippen LogP contribution in [0.5, 0.6) is 0 Å². The fourth-order valence-corrected chi connectivity index (χ4v) is 3.99. The van der Waals surface area contributed by atoms with Gasteiger partial charge in [-0.05, 0) is 64.3 Å². The van der Waals surface area contributed by atoms with Crippen molar-refractivity contribution in [3.8, 4) is 0 Å². The average Bonchev–Trinajstić information content (AvgIpc) is 2.65. The number of hydrogen-bond donors (Lipinski definition) is 0. The summed E-state index contributed by atoms with van der Waals surface area (Å²) in [5, 5.41) is 0. The molecule has 0 bridgehead atoms. The summed E-state index contributed by atoms with van der Waals surface area (Å²) >= 11 is 0. The van der Waals surface area contributed by atoms with E-state index < -0.39 is 0 Å². The van der Waals surface area contributed by atoms with Crippen LogP contribution < -0.4 is 0 Å². The van der Waals surface area contributed by atoms with Crippen molar-refractivity contribution >= 4 is 22.8 Å². The molecule has 2 aromatic carbocycles. The van der Waals surface area contributed by atoms with Crippen LogP contribution in [0.2, 0.25) is 0 Å². The summed E-state index contributed by atoms with van der Waals surface area (Å²) in [6.07, 6.45) is 0. The zero-order chi connectivity index (χ0) is 25.4. The van der Waals surface area contributed by atoms with Crippen LogP contribution in [0.1, 0.15) is 118 Å². The molecule has 0 spiro atoms. The molecule has 33 heavy (non-hydrogen) atoms. The molecule has 0 aliphatic heterocycles. The lowest BCUT2D eigenvalue weighted by Gasteiger charge is -2.26. The van der Waals surface area contributed by atoms with Gasteiger partial charge in [0.05, 0.1) is 22.8 Å². The molecule has 0 atom stereocenters. The van der Waals surface area contributed by atoms with Gasteiger partial charge in [0.2, 0.25) is 0 Å². The standard InChI is InChI=1S/C31H46N2/c1-20(2)24-15-14-16-26(31(11,12)13)28(24)33-22(4)21(3)32-27-19-23(29(5,6)7)17-18-25(27)30(8,9)10/h14-20H,1-13H3. The number of aliphatic imine (C=N–C) groups is 2. The van der Waals surface area contributed by atoms with E-state index in [1.54, 1.807) is 0 Å². The molecule has 0 aliphatic carbocycles. The van der Waals surface area contributed by atoms with Crippen molar-refractivity contribution in [1.82, 2.24) is 0 Å². The molecule has 0 aromatic heterocycles. The first-order chi connectivity index (χ1) is 14.9. The first-order valence-electron chi connectivity index (χ1n) is 12.3. The Bertz CT molecular complexity index is 1050. The molecule has 180 valence electrons. The van der Waals surface area contributed by atoms with Crippen LogP contribution in [0.15, 0.2) is 46.4 Å². The lowest BCUT2D eigenvalue weighted by molar-refractivity contribution is 0.578. The van der Waals surface area contributed by atoms with Gasteiger partial charge in [-0.2, -0.15) is 0 Å². The first kappa shape index (κ1) is 27.0. The number of rotatable bonds is 4. The van der Waals surface area contributed by atoms with Crippen molar-refractivity contribution in [2.45, 2.75) is 112 Å². The number of hydrogen-bond acceptors (Lipinski definition) is 2. The van der Waals surface area contributed by atoms with E-state index in [-0.39, 0.29) is 16.2 Å². The second kappa shape index (κ2) is 9.57. The Morgan fingerprint density at radius 1 is 0.667 bits per heavy atom. The third-order valence-corrected chi connectivity index (χ3v) is 6.26. The van der Waals surface area contributed by atoms with Crippen molar-refractivity contribution in [1.29, 1.82) is 0 Å². The van der Waals surface area contributed by atoms with Crippen LogP contribution in [0.4, 0.5) is 11.4 Å². The molecule has 2 aromatic rings.